The lowest BCUT2D eigenvalue weighted by Crippen LogP contribution is -1.99. The van der Waals surface area contributed by atoms with Gasteiger partial charge in [-0.1, -0.05) is 78.9 Å². The molecule has 0 fully saturated rings. The molecule has 0 aliphatic heterocycles. The van der Waals surface area contributed by atoms with Crippen LogP contribution in [-0.2, 0) is 0 Å². The summed E-state index contributed by atoms with van der Waals surface area (Å²) in [6, 6.07) is 41.2. The van der Waals surface area contributed by atoms with Crippen molar-refractivity contribution >= 4 is 75.3 Å². The van der Waals surface area contributed by atoms with Gasteiger partial charge in [0.1, 0.15) is 6.33 Å². The first kappa shape index (κ1) is 21.0. The highest BCUT2D eigenvalue weighted by Gasteiger charge is 2.19. The lowest BCUT2D eigenvalue weighted by atomic mass is 10.1. The van der Waals surface area contributed by atoms with Crippen LogP contribution in [-0.4, -0.2) is 19.1 Å². The standard InChI is InChI=1S/C34H20N4S/c1-5-13-27-22(9-1)23-10-2-6-14-28(23)37(27)21-17-18-25-24-11-3-7-15-29(24)38(30(25)19-21)34-33-32(35-20-36-34)26-12-4-8-16-31(26)39-33/h1-20H. The summed E-state index contributed by atoms with van der Waals surface area (Å²) in [5.41, 5.74) is 6.82. The predicted molar refractivity (Wildman–Crippen MR) is 164 cm³/mol. The SMILES string of the molecule is c1ccc2c(c1)sc1c(-n3c4ccccc4c4ccc(-n5c6ccccc6c6ccccc65)cc43)ncnc12. The molecule has 0 atom stereocenters. The molecule has 182 valence electrons. The van der Waals surface area contributed by atoms with Gasteiger partial charge in [0.15, 0.2) is 5.82 Å². The van der Waals surface area contributed by atoms with Crippen LogP contribution in [0.2, 0.25) is 0 Å². The van der Waals surface area contributed by atoms with E-state index in [-0.39, 0.29) is 0 Å². The first-order valence-corrected chi connectivity index (χ1v) is 13.8. The minimum Gasteiger partial charge on any atom is -0.309 e. The zero-order valence-corrected chi connectivity index (χ0v) is 21.6. The maximum atomic E-state index is 4.89. The van der Waals surface area contributed by atoms with Crippen molar-refractivity contribution in [1.82, 2.24) is 19.1 Å². The molecule has 0 spiro atoms. The van der Waals surface area contributed by atoms with Gasteiger partial charge >= 0.3 is 0 Å². The fraction of sp³-hybridized carbons (Fsp3) is 0. The fourth-order valence-corrected chi connectivity index (χ4v) is 7.33. The van der Waals surface area contributed by atoms with E-state index in [2.05, 4.69) is 124 Å². The zero-order valence-electron chi connectivity index (χ0n) is 20.7. The quantitative estimate of drug-likeness (QED) is 0.230. The van der Waals surface area contributed by atoms with Crippen molar-refractivity contribution in [1.29, 1.82) is 0 Å². The summed E-state index contributed by atoms with van der Waals surface area (Å²) in [5.74, 6) is 0.923. The Morgan fingerprint density at radius 3 is 1.74 bits per heavy atom. The van der Waals surface area contributed by atoms with Crippen LogP contribution in [0.3, 0.4) is 0 Å². The smallest absolute Gasteiger partial charge is 0.159 e. The van der Waals surface area contributed by atoms with E-state index in [1.807, 2.05) is 0 Å². The number of aromatic nitrogens is 4. The van der Waals surface area contributed by atoms with E-state index in [0.29, 0.717) is 0 Å². The molecule has 4 aromatic heterocycles. The summed E-state index contributed by atoms with van der Waals surface area (Å²) >= 11 is 1.76. The topological polar surface area (TPSA) is 35.6 Å². The molecular weight excluding hydrogens is 496 g/mol. The summed E-state index contributed by atoms with van der Waals surface area (Å²) in [6.45, 7) is 0. The van der Waals surface area contributed by atoms with Gasteiger partial charge in [-0.3, -0.25) is 4.57 Å². The molecule has 0 unspecified atom stereocenters. The molecule has 4 nitrogen and oxygen atoms in total. The molecule has 0 saturated carbocycles. The lowest BCUT2D eigenvalue weighted by molar-refractivity contribution is 1.07. The highest BCUT2D eigenvalue weighted by atomic mass is 32.1. The van der Waals surface area contributed by atoms with Crippen molar-refractivity contribution in [2.24, 2.45) is 0 Å². The van der Waals surface area contributed by atoms with Gasteiger partial charge < -0.3 is 4.57 Å². The first-order valence-electron chi connectivity index (χ1n) is 13.0. The lowest BCUT2D eigenvalue weighted by Gasteiger charge is -2.11. The maximum Gasteiger partial charge on any atom is 0.159 e. The van der Waals surface area contributed by atoms with E-state index in [9.17, 15) is 0 Å². The average Bonchev–Trinajstić information content (AvgIpc) is 3.65. The molecule has 0 bridgehead atoms. The second-order valence-corrected chi connectivity index (χ2v) is 10.9. The molecule has 0 N–H and O–H groups in total. The molecule has 9 aromatic rings. The van der Waals surface area contributed by atoms with Crippen LogP contribution < -0.4 is 0 Å². The predicted octanol–water partition coefficient (Wildman–Crippen LogP) is 9.04. The Morgan fingerprint density at radius 2 is 1.05 bits per heavy atom. The minimum atomic E-state index is 0.923. The van der Waals surface area contributed by atoms with Crippen LogP contribution in [0.25, 0.3) is 75.4 Å². The van der Waals surface area contributed by atoms with Crippen LogP contribution in [0.15, 0.2) is 122 Å². The van der Waals surface area contributed by atoms with Gasteiger partial charge in [0.25, 0.3) is 0 Å². The number of fused-ring (bicyclic) bond motifs is 9. The van der Waals surface area contributed by atoms with Gasteiger partial charge in [0.2, 0.25) is 0 Å². The Balaban J connectivity index is 1.42. The van der Waals surface area contributed by atoms with Gasteiger partial charge in [0.05, 0.1) is 32.3 Å². The molecule has 39 heavy (non-hydrogen) atoms. The summed E-state index contributed by atoms with van der Waals surface area (Å²) in [5, 5.41) is 6.12. The van der Waals surface area contributed by atoms with E-state index in [0.717, 1.165) is 32.8 Å². The highest BCUT2D eigenvalue weighted by molar-refractivity contribution is 7.26. The molecule has 4 heterocycles. The number of rotatable bonds is 2. The van der Waals surface area contributed by atoms with Crippen LogP contribution in [0, 0.1) is 0 Å². The molecule has 9 rings (SSSR count). The summed E-state index contributed by atoms with van der Waals surface area (Å²) in [4.78, 5) is 9.60. The van der Waals surface area contributed by atoms with E-state index >= 15 is 0 Å². The van der Waals surface area contributed by atoms with Crippen LogP contribution in [0.1, 0.15) is 0 Å². The monoisotopic (exact) mass is 516 g/mol. The van der Waals surface area contributed by atoms with Crippen LogP contribution in [0.4, 0.5) is 0 Å². The fourth-order valence-electron chi connectivity index (χ4n) is 6.20. The number of para-hydroxylation sites is 3. The third-order valence-electron chi connectivity index (χ3n) is 7.85. The van der Waals surface area contributed by atoms with E-state index in [1.54, 1.807) is 17.7 Å². The van der Waals surface area contributed by atoms with Gasteiger partial charge in [0, 0.05) is 37.3 Å². The maximum absolute atomic E-state index is 4.89. The molecule has 0 aliphatic carbocycles. The van der Waals surface area contributed by atoms with Crippen LogP contribution in [0.5, 0.6) is 0 Å². The normalized spacial score (nSPS) is 12.1. The largest absolute Gasteiger partial charge is 0.309 e. The Morgan fingerprint density at radius 1 is 0.487 bits per heavy atom. The third-order valence-corrected chi connectivity index (χ3v) is 9.00. The number of thiophene rings is 1. The summed E-state index contributed by atoms with van der Waals surface area (Å²) in [7, 11) is 0. The van der Waals surface area contributed by atoms with Gasteiger partial charge in [-0.25, -0.2) is 9.97 Å². The van der Waals surface area contributed by atoms with Crippen molar-refractivity contribution in [3.63, 3.8) is 0 Å². The van der Waals surface area contributed by atoms with E-state index < -0.39 is 0 Å². The second-order valence-electron chi connectivity index (χ2n) is 9.90. The molecule has 0 aliphatic rings. The summed E-state index contributed by atoms with van der Waals surface area (Å²) < 4.78 is 7.02. The zero-order chi connectivity index (χ0) is 25.5. The van der Waals surface area contributed by atoms with Crippen molar-refractivity contribution < 1.29 is 0 Å². The van der Waals surface area contributed by atoms with Crippen molar-refractivity contribution in [3.8, 4) is 11.5 Å². The first-order chi connectivity index (χ1) is 19.4. The van der Waals surface area contributed by atoms with E-state index in [4.69, 9.17) is 9.97 Å². The van der Waals surface area contributed by atoms with Crippen LogP contribution >= 0.6 is 11.3 Å². The van der Waals surface area contributed by atoms with Gasteiger partial charge in [-0.2, -0.15) is 0 Å². The Labute approximate surface area is 227 Å². The molecular formula is C34H20N4S. The average molecular weight is 517 g/mol. The van der Waals surface area contributed by atoms with Crippen molar-refractivity contribution in [2.45, 2.75) is 0 Å². The molecule has 0 radical (unpaired) electrons. The number of benzene rings is 5. The molecule has 5 aromatic carbocycles. The summed E-state index contributed by atoms with van der Waals surface area (Å²) in [6.07, 6.45) is 1.70. The van der Waals surface area contributed by atoms with Gasteiger partial charge in [-0.05, 0) is 36.4 Å². The van der Waals surface area contributed by atoms with Crippen molar-refractivity contribution in [3.05, 3.63) is 122 Å². The Hall–Kier alpha value is -5.00. The third kappa shape index (κ3) is 2.82. The number of hydrogen-bond acceptors (Lipinski definition) is 3. The second kappa shape index (κ2) is 7.76. The van der Waals surface area contributed by atoms with Crippen molar-refractivity contribution in [2.75, 3.05) is 0 Å². The Kier molecular flexibility index (Phi) is 4.18. The minimum absolute atomic E-state index is 0.923. The number of hydrogen-bond donors (Lipinski definition) is 0. The van der Waals surface area contributed by atoms with Gasteiger partial charge in [-0.15, -0.1) is 11.3 Å². The molecule has 0 saturated heterocycles. The van der Waals surface area contributed by atoms with E-state index in [1.165, 1.54) is 42.7 Å². The molecule has 0 amide bonds. The number of nitrogens with zero attached hydrogens (tertiary/aromatic N) is 4. The Bertz CT molecular complexity index is 2350. The highest BCUT2D eigenvalue weighted by Crippen LogP contribution is 2.40. The molecule has 5 heteroatoms.